The van der Waals surface area contributed by atoms with Crippen LogP contribution in [0.3, 0.4) is 0 Å². The van der Waals surface area contributed by atoms with E-state index < -0.39 is 19.9 Å². The highest BCUT2D eigenvalue weighted by molar-refractivity contribution is 7.92. The van der Waals surface area contributed by atoms with Crippen molar-refractivity contribution < 1.29 is 21.6 Å². The zero-order valence-corrected chi connectivity index (χ0v) is 18.6. The Kier molecular flexibility index (Phi) is 6.47. The molecule has 7 nitrogen and oxygen atoms in total. The lowest BCUT2D eigenvalue weighted by Crippen LogP contribution is -2.26. The van der Waals surface area contributed by atoms with Gasteiger partial charge in [-0.25, -0.2) is 16.8 Å². The molecule has 31 heavy (non-hydrogen) atoms. The van der Waals surface area contributed by atoms with E-state index >= 15 is 0 Å². The summed E-state index contributed by atoms with van der Waals surface area (Å²) in [7, 11) is -7.06. The summed E-state index contributed by atoms with van der Waals surface area (Å²) in [6, 6.07) is 20.0. The third kappa shape index (κ3) is 5.71. The molecule has 0 fully saturated rings. The van der Waals surface area contributed by atoms with Crippen LogP contribution in [0, 0.1) is 0 Å². The van der Waals surface area contributed by atoms with Gasteiger partial charge in [0.1, 0.15) is 0 Å². The summed E-state index contributed by atoms with van der Waals surface area (Å²) in [6.45, 7) is 1.77. The predicted molar refractivity (Wildman–Crippen MR) is 119 cm³/mol. The van der Waals surface area contributed by atoms with Gasteiger partial charge in [0, 0.05) is 17.5 Å². The maximum absolute atomic E-state index is 12.7. The fraction of sp³-hybridized carbons (Fsp3) is 0.136. The van der Waals surface area contributed by atoms with Crippen LogP contribution in [-0.2, 0) is 19.9 Å². The number of carbonyl (C=O) groups is 1. The Bertz CT molecular complexity index is 1290. The number of benzene rings is 3. The predicted octanol–water partition coefficient (Wildman–Crippen LogP) is 3.38. The first kappa shape index (κ1) is 22.5. The summed E-state index contributed by atoms with van der Waals surface area (Å²) >= 11 is 0. The third-order valence-corrected chi connectivity index (χ3v) is 7.11. The highest BCUT2D eigenvalue weighted by atomic mass is 32.2. The highest BCUT2D eigenvalue weighted by Crippen LogP contribution is 2.19. The van der Waals surface area contributed by atoms with Crippen molar-refractivity contribution >= 4 is 31.5 Å². The normalized spacial score (nSPS) is 12.7. The molecule has 0 heterocycles. The molecule has 162 valence electrons. The van der Waals surface area contributed by atoms with Gasteiger partial charge < -0.3 is 5.32 Å². The Hall–Kier alpha value is -3.17. The van der Waals surface area contributed by atoms with Crippen molar-refractivity contribution in [3.8, 4) is 0 Å². The zero-order chi connectivity index (χ0) is 22.6. The largest absolute Gasteiger partial charge is 0.346 e. The van der Waals surface area contributed by atoms with Gasteiger partial charge >= 0.3 is 0 Å². The summed E-state index contributed by atoms with van der Waals surface area (Å²) in [5.74, 6) is -0.388. The lowest BCUT2D eigenvalue weighted by atomic mass is 10.1. The average Bonchev–Trinajstić information content (AvgIpc) is 2.73. The van der Waals surface area contributed by atoms with Crippen LogP contribution in [0.2, 0.25) is 0 Å². The average molecular weight is 459 g/mol. The van der Waals surface area contributed by atoms with Crippen LogP contribution < -0.4 is 10.0 Å². The molecule has 0 aliphatic carbocycles. The molecular weight excluding hydrogens is 436 g/mol. The fourth-order valence-corrected chi connectivity index (χ4v) is 4.61. The second kappa shape index (κ2) is 8.91. The molecule has 9 heteroatoms. The van der Waals surface area contributed by atoms with Gasteiger partial charge in [0.15, 0.2) is 9.84 Å². The summed E-state index contributed by atoms with van der Waals surface area (Å²) in [5, 5.41) is 2.83. The Morgan fingerprint density at radius 3 is 2.06 bits per heavy atom. The summed E-state index contributed by atoms with van der Waals surface area (Å²) < 4.78 is 50.6. The van der Waals surface area contributed by atoms with Gasteiger partial charge in [-0.2, -0.15) is 0 Å². The van der Waals surface area contributed by atoms with Gasteiger partial charge in [0.25, 0.3) is 15.9 Å². The van der Waals surface area contributed by atoms with Gasteiger partial charge in [0.2, 0.25) is 0 Å². The van der Waals surface area contributed by atoms with E-state index in [0.717, 1.165) is 11.8 Å². The maximum atomic E-state index is 12.7. The van der Waals surface area contributed by atoms with E-state index in [0.29, 0.717) is 0 Å². The van der Waals surface area contributed by atoms with E-state index in [9.17, 15) is 21.6 Å². The number of anilines is 1. The van der Waals surface area contributed by atoms with Crippen LogP contribution in [0.4, 0.5) is 5.69 Å². The maximum Gasteiger partial charge on any atom is 0.261 e. The lowest BCUT2D eigenvalue weighted by Gasteiger charge is -2.15. The molecule has 0 aliphatic heterocycles. The lowest BCUT2D eigenvalue weighted by molar-refractivity contribution is 0.0940. The number of sulfonamides is 1. The molecule has 0 aromatic heterocycles. The summed E-state index contributed by atoms with van der Waals surface area (Å²) in [6.07, 6.45) is 1.13. The topological polar surface area (TPSA) is 109 Å². The van der Waals surface area contributed by atoms with Crippen LogP contribution in [0.25, 0.3) is 0 Å². The van der Waals surface area contributed by atoms with Gasteiger partial charge in [-0.05, 0) is 55.0 Å². The van der Waals surface area contributed by atoms with Crippen molar-refractivity contribution in [3.63, 3.8) is 0 Å². The molecule has 0 saturated heterocycles. The third-order valence-electron chi connectivity index (χ3n) is 4.59. The highest BCUT2D eigenvalue weighted by Gasteiger charge is 2.16. The van der Waals surface area contributed by atoms with Crippen molar-refractivity contribution in [2.24, 2.45) is 0 Å². The number of amides is 1. The van der Waals surface area contributed by atoms with E-state index in [-0.39, 0.29) is 33.0 Å². The van der Waals surface area contributed by atoms with Crippen LogP contribution >= 0.6 is 0 Å². The quantitative estimate of drug-likeness (QED) is 0.564. The molecule has 0 spiro atoms. The smallest absolute Gasteiger partial charge is 0.261 e. The number of nitrogens with one attached hydrogen (secondary N) is 2. The van der Waals surface area contributed by atoms with E-state index in [1.165, 1.54) is 30.3 Å². The first-order valence-electron chi connectivity index (χ1n) is 9.35. The van der Waals surface area contributed by atoms with Crippen molar-refractivity contribution in [2.45, 2.75) is 22.8 Å². The molecule has 0 radical (unpaired) electrons. The van der Waals surface area contributed by atoms with Gasteiger partial charge in [-0.3, -0.25) is 9.52 Å². The SMILES string of the molecule is C[C@H](NC(=O)c1cccc(NS(=O)(=O)c2ccccc2)c1)c1ccc(S(C)(=O)=O)cc1. The van der Waals surface area contributed by atoms with E-state index in [1.54, 1.807) is 55.5 Å². The first-order chi connectivity index (χ1) is 14.6. The standard InChI is InChI=1S/C22H22N2O5S2/c1-16(17-11-13-20(14-12-17)30(2,26)27)23-22(25)18-7-6-8-19(15-18)24-31(28,29)21-9-4-3-5-10-21/h3-16,24H,1-2H3,(H,23,25)/t16-/m0/s1. The Balaban J connectivity index is 1.73. The fourth-order valence-electron chi connectivity index (χ4n) is 2.90. The minimum atomic E-state index is -3.77. The molecule has 0 bridgehead atoms. The number of carbonyl (C=O) groups excluding carboxylic acids is 1. The minimum absolute atomic E-state index is 0.121. The van der Waals surface area contributed by atoms with Gasteiger partial charge in [0.05, 0.1) is 15.8 Å². The second-order valence-electron chi connectivity index (χ2n) is 7.04. The number of sulfone groups is 1. The van der Waals surface area contributed by atoms with Crippen LogP contribution in [0.5, 0.6) is 0 Å². The van der Waals surface area contributed by atoms with E-state index in [2.05, 4.69) is 10.0 Å². The molecule has 0 unspecified atom stereocenters. The Labute approximate surface area is 182 Å². The molecule has 0 aliphatic rings. The van der Waals surface area contributed by atoms with Gasteiger partial charge in [-0.15, -0.1) is 0 Å². The van der Waals surface area contributed by atoms with Crippen molar-refractivity contribution in [3.05, 3.63) is 90.0 Å². The summed E-state index contributed by atoms with van der Waals surface area (Å²) in [4.78, 5) is 13.0. The molecule has 0 saturated carbocycles. The van der Waals surface area contributed by atoms with Crippen LogP contribution in [0.1, 0.15) is 28.9 Å². The molecule has 2 N–H and O–H groups in total. The molecule has 3 aromatic rings. The zero-order valence-electron chi connectivity index (χ0n) is 16.9. The molecular formula is C22H22N2O5S2. The first-order valence-corrected chi connectivity index (χ1v) is 12.7. The Morgan fingerprint density at radius 1 is 0.806 bits per heavy atom. The van der Waals surface area contributed by atoms with Gasteiger partial charge in [-0.1, -0.05) is 36.4 Å². The van der Waals surface area contributed by atoms with Crippen molar-refractivity contribution in [1.82, 2.24) is 5.32 Å². The minimum Gasteiger partial charge on any atom is -0.346 e. The number of rotatable bonds is 7. The van der Waals surface area contributed by atoms with E-state index in [1.807, 2.05) is 0 Å². The van der Waals surface area contributed by atoms with Crippen molar-refractivity contribution in [1.29, 1.82) is 0 Å². The molecule has 3 aromatic carbocycles. The number of hydrogen-bond donors (Lipinski definition) is 2. The van der Waals surface area contributed by atoms with Crippen LogP contribution in [-0.4, -0.2) is 29.0 Å². The summed E-state index contributed by atoms with van der Waals surface area (Å²) in [5.41, 5.74) is 1.29. The number of hydrogen-bond acceptors (Lipinski definition) is 5. The molecule has 1 atom stereocenters. The Morgan fingerprint density at radius 2 is 1.45 bits per heavy atom. The van der Waals surface area contributed by atoms with E-state index in [4.69, 9.17) is 0 Å². The second-order valence-corrected chi connectivity index (χ2v) is 10.7. The van der Waals surface area contributed by atoms with Crippen LogP contribution in [0.15, 0.2) is 88.7 Å². The molecule has 1 amide bonds. The van der Waals surface area contributed by atoms with Crippen molar-refractivity contribution in [2.75, 3.05) is 11.0 Å². The molecule has 3 rings (SSSR count). The monoisotopic (exact) mass is 458 g/mol.